The Balaban J connectivity index is 2.04. The summed E-state index contributed by atoms with van der Waals surface area (Å²) in [6.45, 7) is 4.98. The molecule has 1 aliphatic heterocycles. The van der Waals surface area contributed by atoms with Gasteiger partial charge in [-0.1, -0.05) is 6.07 Å². The van der Waals surface area contributed by atoms with Crippen LogP contribution in [-0.2, 0) is 11.2 Å². The molecule has 1 saturated heterocycles. The Bertz CT molecular complexity index is 377. The van der Waals surface area contributed by atoms with Crippen LogP contribution in [0.4, 0.5) is 5.82 Å². The number of likely N-dealkylation sites (N-methyl/N-ethyl adjacent to an activating group) is 1. The SMILES string of the molecule is CC(N)Cc1ccc(N(C)C2CCOC2C)nc1. The summed E-state index contributed by atoms with van der Waals surface area (Å²) >= 11 is 0. The summed E-state index contributed by atoms with van der Waals surface area (Å²) in [5.74, 6) is 1.01. The highest BCUT2D eigenvalue weighted by Gasteiger charge is 2.28. The number of nitrogens with two attached hydrogens (primary N) is 1. The van der Waals surface area contributed by atoms with E-state index in [9.17, 15) is 0 Å². The Kier molecular flexibility index (Phi) is 4.19. The highest BCUT2D eigenvalue weighted by Crippen LogP contribution is 2.22. The molecule has 1 aromatic heterocycles. The number of ether oxygens (including phenoxy) is 1. The van der Waals surface area contributed by atoms with Gasteiger partial charge in [0.15, 0.2) is 0 Å². The zero-order valence-corrected chi connectivity index (χ0v) is 11.5. The topological polar surface area (TPSA) is 51.4 Å². The summed E-state index contributed by atoms with van der Waals surface area (Å²) in [6, 6.07) is 4.79. The summed E-state index contributed by atoms with van der Waals surface area (Å²) in [6.07, 6.45) is 4.15. The van der Waals surface area contributed by atoms with E-state index >= 15 is 0 Å². The zero-order valence-electron chi connectivity index (χ0n) is 11.5. The molecule has 0 amide bonds. The smallest absolute Gasteiger partial charge is 0.128 e. The van der Waals surface area contributed by atoms with E-state index in [2.05, 4.69) is 36.0 Å². The van der Waals surface area contributed by atoms with Crippen LogP contribution >= 0.6 is 0 Å². The fourth-order valence-electron chi connectivity index (χ4n) is 2.52. The molecule has 0 saturated carbocycles. The lowest BCUT2D eigenvalue weighted by molar-refractivity contribution is 0.118. The highest BCUT2D eigenvalue weighted by atomic mass is 16.5. The van der Waals surface area contributed by atoms with E-state index in [0.717, 1.165) is 25.3 Å². The first-order valence-electron chi connectivity index (χ1n) is 6.63. The van der Waals surface area contributed by atoms with Crippen molar-refractivity contribution in [3.05, 3.63) is 23.9 Å². The second-order valence-corrected chi connectivity index (χ2v) is 5.25. The minimum absolute atomic E-state index is 0.179. The number of anilines is 1. The van der Waals surface area contributed by atoms with Crippen LogP contribution in [-0.4, -0.2) is 36.8 Å². The molecule has 2 N–H and O–H groups in total. The third-order valence-electron chi connectivity index (χ3n) is 3.56. The van der Waals surface area contributed by atoms with Crippen molar-refractivity contribution in [1.82, 2.24) is 4.98 Å². The van der Waals surface area contributed by atoms with Gasteiger partial charge in [0, 0.05) is 25.9 Å². The number of hydrogen-bond donors (Lipinski definition) is 1. The maximum atomic E-state index is 5.79. The van der Waals surface area contributed by atoms with E-state index in [0.29, 0.717) is 6.04 Å². The van der Waals surface area contributed by atoms with Crippen LogP contribution in [0.15, 0.2) is 18.3 Å². The molecule has 0 bridgehead atoms. The van der Waals surface area contributed by atoms with Gasteiger partial charge in [0.1, 0.15) is 5.82 Å². The Labute approximate surface area is 109 Å². The van der Waals surface area contributed by atoms with E-state index in [-0.39, 0.29) is 12.1 Å². The van der Waals surface area contributed by atoms with Crippen LogP contribution in [0.5, 0.6) is 0 Å². The van der Waals surface area contributed by atoms with Crippen molar-refractivity contribution in [3.8, 4) is 0 Å². The summed E-state index contributed by atoms with van der Waals surface area (Å²) in [7, 11) is 2.09. The van der Waals surface area contributed by atoms with Gasteiger partial charge < -0.3 is 15.4 Å². The van der Waals surface area contributed by atoms with Crippen LogP contribution in [0.3, 0.4) is 0 Å². The van der Waals surface area contributed by atoms with Gasteiger partial charge in [-0.15, -0.1) is 0 Å². The number of nitrogens with zero attached hydrogens (tertiary/aromatic N) is 2. The van der Waals surface area contributed by atoms with E-state index in [4.69, 9.17) is 10.5 Å². The van der Waals surface area contributed by atoms with Gasteiger partial charge in [-0.05, 0) is 38.3 Å². The molecule has 3 atom stereocenters. The highest BCUT2D eigenvalue weighted by molar-refractivity contribution is 5.40. The summed E-state index contributed by atoms with van der Waals surface area (Å²) in [5, 5.41) is 0. The molecule has 4 heteroatoms. The van der Waals surface area contributed by atoms with E-state index in [1.54, 1.807) is 0 Å². The van der Waals surface area contributed by atoms with Crippen molar-refractivity contribution >= 4 is 5.82 Å². The number of pyridine rings is 1. The lowest BCUT2D eigenvalue weighted by Crippen LogP contribution is -2.37. The van der Waals surface area contributed by atoms with Gasteiger partial charge in [0.2, 0.25) is 0 Å². The van der Waals surface area contributed by atoms with Crippen LogP contribution in [0, 0.1) is 0 Å². The Morgan fingerprint density at radius 2 is 2.33 bits per heavy atom. The molecule has 100 valence electrons. The minimum Gasteiger partial charge on any atom is -0.376 e. The maximum absolute atomic E-state index is 5.79. The first-order chi connectivity index (χ1) is 8.58. The van der Waals surface area contributed by atoms with Crippen molar-refractivity contribution in [2.75, 3.05) is 18.6 Å². The standard InChI is InChI=1S/C14H23N3O/c1-10(15)8-12-4-5-14(16-9-12)17(3)13-6-7-18-11(13)2/h4-5,9-11,13H,6-8,15H2,1-3H3. The Morgan fingerprint density at radius 1 is 1.56 bits per heavy atom. The lowest BCUT2D eigenvalue weighted by atomic mass is 10.1. The molecule has 4 nitrogen and oxygen atoms in total. The molecule has 3 unspecified atom stereocenters. The van der Waals surface area contributed by atoms with Gasteiger partial charge in [0.25, 0.3) is 0 Å². The monoisotopic (exact) mass is 249 g/mol. The van der Waals surface area contributed by atoms with Crippen LogP contribution < -0.4 is 10.6 Å². The number of aromatic nitrogens is 1. The maximum Gasteiger partial charge on any atom is 0.128 e. The minimum atomic E-state index is 0.179. The lowest BCUT2D eigenvalue weighted by Gasteiger charge is -2.27. The van der Waals surface area contributed by atoms with Crippen molar-refractivity contribution in [1.29, 1.82) is 0 Å². The molecule has 1 aromatic rings. The second-order valence-electron chi connectivity index (χ2n) is 5.25. The van der Waals surface area contributed by atoms with Crippen LogP contribution in [0.25, 0.3) is 0 Å². The van der Waals surface area contributed by atoms with E-state index in [1.807, 2.05) is 13.1 Å². The molecule has 0 aliphatic carbocycles. The molecular weight excluding hydrogens is 226 g/mol. The molecule has 0 aromatic carbocycles. The zero-order chi connectivity index (χ0) is 13.1. The average Bonchev–Trinajstić information content (AvgIpc) is 2.75. The number of rotatable bonds is 4. The molecule has 1 aliphatic rings. The first-order valence-corrected chi connectivity index (χ1v) is 6.63. The van der Waals surface area contributed by atoms with Crippen molar-refractivity contribution < 1.29 is 4.74 Å². The van der Waals surface area contributed by atoms with Gasteiger partial charge >= 0.3 is 0 Å². The fourth-order valence-corrected chi connectivity index (χ4v) is 2.52. The average molecular weight is 249 g/mol. The molecule has 0 radical (unpaired) electrons. The van der Waals surface area contributed by atoms with Gasteiger partial charge in [-0.25, -0.2) is 4.98 Å². The third-order valence-corrected chi connectivity index (χ3v) is 3.56. The molecule has 1 fully saturated rings. The normalized spacial score (nSPS) is 25.1. The quantitative estimate of drug-likeness (QED) is 0.880. The fraction of sp³-hybridized carbons (Fsp3) is 0.643. The Hall–Kier alpha value is -1.13. The predicted molar refractivity (Wildman–Crippen MR) is 73.8 cm³/mol. The number of hydrogen-bond acceptors (Lipinski definition) is 4. The first kappa shape index (κ1) is 13.3. The molecule has 0 spiro atoms. The van der Waals surface area contributed by atoms with Crippen molar-refractivity contribution in [2.24, 2.45) is 5.73 Å². The summed E-state index contributed by atoms with van der Waals surface area (Å²) < 4.78 is 5.60. The summed E-state index contributed by atoms with van der Waals surface area (Å²) in [4.78, 5) is 6.74. The second kappa shape index (κ2) is 5.67. The Morgan fingerprint density at radius 3 is 2.83 bits per heavy atom. The van der Waals surface area contributed by atoms with Crippen LogP contribution in [0.1, 0.15) is 25.8 Å². The molecule has 2 rings (SSSR count). The third kappa shape index (κ3) is 3.00. The molecule has 2 heterocycles. The van der Waals surface area contributed by atoms with Gasteiger partial charge in [-0.2, -0.15) is 0 Å². The van der Waals surface area contributed by atoms with Crippen molar-refractivity contribution in [2.45, 2.75) is 44.9 Å². The van der Waals surface area contributed by atoms with Crippen LogP contribution in [0.2, 0.25) is 0 Å². The van der Waals surface area contributed by atoms with Gasteiger partial charge in [0.05, 0.1) is 12.1 Å². The molecule has 18 heavy (non-hydrogen) atoms. The summed E-state index contributed by atoms with van der Waals surface area (Å²) in [5.41, 5.74) is 6.98. The van der Waals surface area contributed by atoms with Crippen molar-refractivity contribution in [3.63, 3.8) is 0 Å². The van der Waals surface area contributed by atoms with Gasteiger partial charge in [-0.3, -0.25) is 0 Å². The molecular formula is C14H23N3O. The largest absolute Gasteiger partial charge is 0.376 e. The van der Waals surface area contributed by atoms with E-state index in [1.165, 1.54) is 5.56 Å². The van der Waals surface area contributed by atoms with E-state index < -0.39 is 0 Å². The predicted octanol–water partition coefficient (Wildman–Crippen LogP) is 1.58.